The Kier molecular flexibility index (Phi) is 4.70. The van der Waals surface area contributed by atoms with Gasteiger partial charge in [-0.3, -0.25) is 14.9 Å². The fraction of sp³-hybridized carbons (Fsp3) is 0.133. The van der Waals surface area contributed by atoms with E-state index in [2.05, 4.69) is 21.2 Å². The summed E-state index contributed by atoms with van der Waals surface area (Å²) in [7, 11) is 0. The van der Waals surface area contributed by atoms with Crippen LogP contribution in [0.4, 0.5) is 11.4 Å². The van der Waals surface area contributed by atoms with Crippen LogP contribution in [0.25, 0.3) is 0 Å². The van der Waals surface area contributed by atoms with Crippen molar-refractivity contribution in [2.24, 2.45) is 0 Å². The van der Waals surface area contributed by atoms with E-state index in [4.69, 9.17) is 0 Å². The monoisotopic (exact) mass is 348 g/mol. The van der Waals surface area contributed by atoms with Gasteiger partial charge in [-0.15, -0.1) is 0 Å². The Morgan fingerprint density at radius 2 is 2.00 bits per heavy atom. The van der Waals surface area contributed by atoms with E-state index in [-0.39, 0.29) is 18.0 Å². The third-order valence-electron chi connectivity index (χ3n) is 3.01. The highest BCUT2D eigenvalue weighted by Crippen LogP contribution is 2.22. The third kappa shape index (κ3) is 3.88. The molecule has 0 saturated heterocycles. The summed E-state index contributed by atoms with van der Waals surface area (Å²) >= 11 is 3.34. The number of hydrogen-bond acceptors (Lipinski definition) is 3. The van der Waals surface area contributed by atoms with Crippen LogP contribution in [-0.4, -0.2) is 10.8 Å². The molecule has 2 rings (SSSR count). The molecule has 0 aliphatic rings. The standard InChI is InChI=1S/C15H13BrN2O3/c1-10-6-7-12(16)9-13(10)17-15(19)8-11-4-2-3-5-14(11)18(20)21/h2-7,9H,8H2,1H3,(H,17,19). The predicted octanol–water partition coefficient (Wildman–Crippen LogP) is 3.85. The van der Waals surface area contributed by atoms with Crippen LogP contribution >= 0.6 is 15.9 Å². The van der Waals surface area contributed by atoms with Crippen molar-refractivity contribution in [3.05, 3.63) is 68.2 Å². The molecule has 21 heavy (non-hydrogen) atoms. The number of para-hydroxylation sites is 1. The molecule has 0 saturated carbocycles. The molecule has 2 aromatic carbocycles. The first kappa shape index (κ1) is 15.2. The summed E-state index contributed by atoms with van der Waals surface area (Å²) in [6.07, 6.45) is -0.0386. The number of benzene rings is 2. The number of nitro benzene ring substituents is 1. The Labute approximate surface area is 130 Å². The zero-order valence-corrected chi connectivity index (χ0v) is 12.9. The quantitative estimate of drug-likeness (QED) is 0.673. The van der Waals surface area contributed by atoms with Crippen molar-refractivity contribution < 1.29 is 9.72 Å². The van der Waals surface area contributed by atoms with Gasteiger partial charge in [-0.05, 0) is 24.6 Å². The van der Waals surface area contributed by atoms with Crippen LogP contribution in [0.1, 0.15) is 11.1 Å². The van der Waals surface area contributed by atoms with E-state index in [0.29, 0.717) is 11.3 Å². The highest BCUT2D eigenvalue weighted by Gasteiger charge is 2.15. The molecule has 6 heteroatoms. The van der Waals surface area contributed by atoms with E-state index in [1.807, 2.05) is 19.1 Å². The smallest absolute Gasteiger partial charge is 0.273 e. The van der Waals surface area contributed by atoms with Crippen molar-refractivity contribution in [3.8, 4) is 0 Å². The fourth-order valence-electron chi connectivity index (χ4n) is 1.93. The first-order valence-electron chi connectivity index (χ1n) is 6.25. The number of hydrogen-bond donors (Lipinski definition) is 1. The highest BCUT2D eigenvalue weighted by molar-refractivity contribution is 9.10. The zero-order chi connectivity index (χ0) is 15.4. The number of nitrogens with zero attached hydrogens (tertiary/aromatic N) is 1. The van der Waals surface area contributed by atoms with Gasteiger partial charge < -0.3 is 5.32 Å². The van der Waals surface area contributed by atoms with Gasteiger partial charge in [0.1, 0.15) is 0 Å². The number of aryl methyl sites for hydroxylation is 1. The van der Waals surface area contributed by atoms with Crippen molar-refractivity contribution in [2.75, 3.05) is 5.32 Å². The Hall–Kier alpha value is -2.21. The first-order valence-corrected chi connectivity index (χ1v) is 7.05. The minimum atomic E-state index is -0.479. The van der Waals surface area contributed by atoms with Crippen LogP contribution in [0.5, 0.6) is 0 Å². The molecule has 0 radical (unpaired) electrons. The lowest BCUT2D eigenvalue weighted by atomic mass is 10.1. The van der Waals surface area contributed by atoms with Crippen LogP contribution in [0.2, 0.25) is 0 Å². The van der Waals surface area contributed by atoms with Crippen LogP contribution in [0.3, 0.4) is 0 Å². The zero-order valence-electron chi connectivity index (χ0n) is 11.3. The number of carbonyl (C=O) groups excluding carboxylic acids is 1. The second kappa shape index (κ2) is 6.49. The van der Waals surface area contributed by atoms with Crippen LogP contribution in [0.15, 0.2) is 46.9 Å². The van der Waals surface area contributed by atoms with E-state index < -0.39 is 4.92 Å². The lowest BCUT2D eigenvalue weighted by Gasteiger charge is -2.09. The molecule has 1 amide bonds. The van der Waals surface area contributed by atoms with Gasteiger partial charge in [-0.1, -0.05) is 40.2 Å². The van der Waals surface area contributed by atoms with Crippen molar-refractivity contribution in [3.63, 3.8) is 0 Å². The topological polar surface area (TPSA) is 72.2 Å². The molecule has 1 N–H and O–H groups in total. The maximum Gasteiger partial charge on any atom is 0.273 e. The largest absolute Gasteiger partial charge is 0.326 e. The molecular formula is C15H13BrN2O3. The molecule has 0 unspecified atom stereocenters. The summed E-state index contributed by atoms with van der Waals surface area (Å²) in [5.41, 5.74) is 1.97. The minimum absolute atomic E-state index is 0.0386. The number of nitro groups is 1. The molecule has 0 atom stereocenters. The molecule has 108 valence electrons. The molecule has 0 spiro atoms. The van der Waals surface area contributed by atoms with E-state index in [1.54, 1.807) is 24.3 Å². The number of amides is 1. The van der Waals surface area contributed by atoms with Gasteiger partial charge in [0.15, 0.2) is 0 Å². The number of rotatable bonds is 4. The molecular weight excluding hydrogens is 336 g/mol. The summed E-state index contributed by atoms with van der Waals surface area (Å²) in [4.78, 5) is 22.5. The van der Waals surface area contributed by atoms with Crippen molar-refractivity contribution in [1.82, 2.24) is 0 Å². The van der Waals surface area contributed by atoms with Crippen LogP contribution in [0, 0.1) is 17.0 Å². The number of carbonyl (C=O) groups is 1. The van der Waals surface area contributed by atoms with Gasteiger partial charge in [0.2, 0.25) is 5.91 Å². The summed E-state index contributed by atoms with van der Waals surface area (Å²) in [6, 6.07) is 11.8. The second-order valence-corrected chi connectivity index (χ2v) is 5.49. The molecule has 0 aromatic heterocycles. The van der Waals surface area contributed by atoms with Gasteiger partial charge in [0, 0.05) is 21.8 Å². The van der Waals surface area contributed by atoms with Gasteiger partial charge in [0.05, 0.1) is 11.3 Å². The SMILES string of the molecule is Cc1ccc(Br)cc1NC(=O)Cc1ccccc1[N+](=O)[O-]. The minimum Gasteiger partial charge on any atom is -0.326 e. The summed E-state index contributed by atoms with van der Waals surface area (Å²) in [6.45, 7) is 1.88. The number of halogens is 1. The lowest BCUT2D eigenvalue weighted by Crippen LogP contribution is -2.16. The molecule has 0 aliphatic heterocycles. The van der Waals surface area contributed by atoms with E-state index in [1.165, 1.54) is 6.07 Å². The summed E-state index contributed by atoms with van der Waals surface area (Å²) < 4.78 is 0.856. The second-order valence-electron chi connectivity index (χ2n) is 4.57. The molecule has 2 aromatic rings. The number of anilines is 1. The van der Waals surface area contributed by atoms with Crippen molar-refractivity contribution >= 4 is 33.2 Å². The predicted molar refractivity (Wildman–Crippen MR) is 84.3 cm³/mol. The maximum absolute atomic E-state index is 12.1. The van der Waals surface area contributed by atoms with Gasteiger partial charge in [-0.2, -0.15) is 0 Å². The molecule has 0 aliphatic carbocycles. The Morgan fingerprint density at radius 3 is 2.71 bits per heavy atom. The van der Waals surface area contributed by atoms with Gasteiger partial charge >= 0.3 is 0 Å². The molecule has 0 bridgehead atoms. The Morgan fingerprint density at radius 1 is 1.29 bits per heavy atom. The normalized spacial score (nSPS) is 10.2. The number of nitrogens with one attached hydrogen (secondary N) is 1. The summed E-state index contributed by atoms with van der Waals surface area (Å²) in [5.74, 6) is -0.287. The Balaban J connectivity index is 2.16. The third-order valence-corrected chi connectivity index (χ3v) is 3.51. The van der Waals surface area contributed by atoms with Crippen molar-refractivity contribution in [2.45, 2.75) is 13.3 Å². The maximum atomic E-state index is 12.1. The van der Waals surface area contributed by atoms with Crippen LogP contribution < -0.4 is 5.32 Å². The average molecular weight is 349 g/mol. The Bertz CT molecular complexity index is 701. The fourth-order valence-corrected chi connectivity index (χ4v) is 2.30. The highest BCUT2D eigenvalue weighted by atomic mass is 79.9. The molecule has 5 nitrogen and oxygen atoms in total. The molecule has 0 fully saturated rings. The van der Waals surface area contributed by atoms with Crippen molar-refractivity contribution in [1.29, 1.82) is 0 Å². The lowest BCUT2D eigenvalue weighted by molar-refractivity contribution is -0.385. The molecule has 0 heterocycles. The van der Waals surface area contributed by atoms with Crippen LogP contribution in [-0.2, 0) is 11.2 Å². The van der Waals surface area contributed by atoms with Gasteiger partial charge in [0.25, 0.3) is 5.69 Å². The van der Waals surface area contributed by atoms with E-state index in [9.17, 15) is 14.9 Å². The van der Waals surface area contributed by atoms with Gasteiger partial charge in [-0.25, -0.2) is 0 Å². The first-order chi connectivity index (χ1) is 9.97. The van der Waals surface area contributed by atoms with E-state index in [0.717, 1.165) is 10.0 Å². The van der Waals surface area contributed by atoms with E-state index >= 15 is 0 Å². The average Bonchev–Trinajstić information content (AvgIpc) is 2.43. The summed E-state index contributed by atoms with van der Waals surface area (Å²) in [5, 5.41) is 13.7.